The molecule has 134 valence electrons. The molecule has 2 heterocycles. The van der Waals surface area contributed by atoms with Crippen molar-refractivity contribution in [1.82, 2.24) is 4.90 Å². The highest BCUT2D eigenvalue weighted by molar-refractivity contribution is 6.11. The summed E-state index contributed by atoms with van der Waals surface area (Å²) >= 11 is 0. The molecule has 1 saturated heterocycles. The minimum Gasteiger partial charge on any atom is -0.493 e. The average molecular weight is 348 g/mol. The van der Waals surface area contributed by atoms with Crippen LogP contribution in [0.25, 0.3) is 0 Å². The molecule has 25 heavy (non-hydrogen) atoms. The molecular weight excluding hydrogens is 328 g/mol. The van der Waals surface area contributed by atoms with Crippen molar-refractivity contribution in [3.05, 3.63) is 29.6 Å². The van der Waals surface area contributed by atoms with Gasteiger partial charge in [-0.05, 0) is 12.1 Å². The summed E-state index contributed by atoms with van der Waals surface area (Å²) in [6.45, 7) is 2.68. The molecule has 0 aliphatic carbocycles. The number of esters is 1. The van der Waals surface area contributed by atoms with E-state index >= 15 is 0 Å². The molecule has 8 heteroatoms. The maximum Gasteiger partial charge on any atom is 0.365 e. The van der Waals surface area contributed by atoms with E-state index in [1.807, 2.05) is 4.90 Å². The van der Waals surface area contributed by atoms with Gasteiger partial charge in [-0.3, -0.25) is 0 Å². The van der Waals surface area contributed by atoms with Crippen molar-refractivity contribution in [1.29, 1.82) is 0 Å². The maximum atomic E-state index is 12.1. The number of aliphatic imine (C=N–C) groups is 1. The predicted octanol–water partition coefficient (Wildman–Crippen LogP) is 1.19. The molecule has 0 saturated carbocycles. The summed E-state index contributed by atoms with van der Waals surface area (Å²) in [6.07, 6.45) is 1.70. The van der Waals surface area contributed by atoms with Crippen LogP contribution < -0.4 is 14.2 Å². The Morgan fingerprint density at radius 3 is 2.28 bits per heavy atom. The first-order valence-corrected chi connectivity index (χ1v) is 7.81. The van der Waals surface area contributed by atoms with E-state index in [-0.39, 0.29) is 11.6 Å². The van der Waals surface area contributed by atoms with E-state index in [0.29, 0.717) is 49.1 Å². The van der Waals surface area contributed by atoms with Crippen molar-refractivity contribution < 1.29 is 28.5 Å². The normalized spacial score (nSPS) is 18.8. The molecule has 0 radical (unpaired) electrons. The molecule has 0 spiro atoms. The van der Waals surface area contributed by atoms with Crippen LogP contribution in [0.5, 0.6) is 17.2 Å². The van der Waals surface area contributed by atoms with Crippen LogP contribution in [0.1, 0.15) is 5.56 Å². The first-order valence-electron chi connectivity index (χ1n) is 7.81. The van der Waals surface area contributed by atoms with E-state index in [4.69, 9.17) is 23.7 Å². The second-order valence-electron chi connectivity index (χ2n) is 5.38. The monoisotopic (exact) mass is 348 g/mol. The number of rotatable bonds is 5. The van der Waals surface area contributed by atoms with E-state index < -0.39 is 5.97 Å². The molecule has 2 aliphatic rings. The summed E-state index contributed by atoms with van der Waals surface area (Å²) < 4.78 is 26.5. The zero-order valence-corrected chi connectivity index (χ0v) is 14.4. The highest BCUT2D eigenvalue weighted by atomic mass is 16.6. The van der Waals surface area contributed by atoms with Gasteiger partial charge in [0.2, 0.25) is 11.6 Å². The fourth-order valence-electron chi connectivity index (χ4n) is 2.61. The lowest BCUT2D eigenvalue weighted by Gasteiger charge is -2.24. The smallest absolute Gasteiger partial charge is 0.365 e. The molecule has 0 unspecified atom stereocenters. The molecule has 0 aromatic heterocycles. The van der Waals surface area contributed by atoms with Gasteiger partial charge in [0.05, 0.1) is 34.5 Å². The van der Waals surface area contributed by atoms with Gasteiger partial charge >= 0.3 is 5.97 Å². The number of methoxy groups -OCH3 is 3. The predicted molar refractivity (Wildman–Crippen MR) is 89.2 cm³/mol. The van der Waals surface area contributed by atoms with Gasteiger partial charge in [0.15, 0.2) is 17.2 Å². The summed E-state index contributed by atoms with van der Waals surface area (Å²) in [5.41, 5.74) is 0.818. The average Bonchev–Trinajstić information content (AvgIpc) is 3.01. The Bertz CT molecular complexity index is 697. The number of carbonyl (C=O) groups excluding carboxylic acids is 1. The van der Waals surface area contributed by atoms with Crippen LogP contribution >= 0.6 is 0 Å². The van der Waals surface area contributed by atoms with Gasteiger partial charge in [0.1, 0.15) is 0 Å². The summed E-state index contributed by atoms with van der Waals surface area (Å²) in [6, 6.07) is 3.37. The SMILES string of the molecule is COc1cc(C2=N/C(=C/N3CCOCC3)C(=O)O2)cc(OC)c1OC. The van der Waals surface area contributed by atoms with Crippen molar-refractivity contribution in [2.75, 3.05) is 47.6 Å². The minimum absolute atomic E-state index is 0.198. The van der Waals surface area contributed by atoms with Gasteiger partial charge in [-0.25, -0.2) is 9.79 Å². The third-order valence-corrected chi connectivity index (χ3v) is 3.88. The Kier molecular flexibility index (Phi) is 5.08. The summed E-state index contributed by atoms with van der Waals surface area (Å²) in [7, 11) is 4.57. The number of hydrogen-bond donors (Lipinski definition) is 0. The highest BCUT2D eigenvalue weighted by Crippen LogP contribution is 2.39. The molecule has 0 bridgehead atoms. The van der Waals surface area contributed by atoms with E-state index in [1.165, 1.54) is 21.3 Å². The van der Waals surface area contributed by atoms with E-state index in [0.717, 1.165) is 0 Å². The van der Waals surface area contributed by atoms with Crippen LogP contribution in [0.15, 0.2) is 29.0 Å². The molecule has 1 fully saturated rings. The first-order chi connectivity index (χ1) is 12.2. The van der Waals surface area contributed by atoms with Crippen LogP contribution in [0.4, 0.5) is 0 Å². The van der Waals surface area contributed by atoms with Gasteiger partial charge in [-0.2, -0.15) is 0 Å². The van der Waals surface area contributed by atoms with E-state index in [2.05, 4.69) is 4.99 Å². The van der Waals surface area contributed by atoms with Crippen LogP contribution in [0, 0.1) is 0 Å². The van der Waals surface area contributed by atoms with Crippen molar-refractivity contribution in [3.8, 4) is 17.2 Å². The summed E-state index contributed by atoms with van der Waals surface area (Å²) in [5.74, 6) is 1.09. The number of morpholine rings is 1. The largest absolute Gasteiger partial charge is 0.493 e. The van der Waals surface area contributed by atoms with Crippen LogP contribution in [-0.2, 0) is 14.3 Å². The van der Waals surface area contributed by atoms with Crippen LogP contribution in [0.3, 0.4) is 0 Å². The zero-order valence-electron chi connectivity index (χ0n) is 14.4. The van der Waals surface area contributed by atoms with Crippen molar-refractivity contribution in [2.24, 2.45) is 4.99 Å². The molecule has 8 nitrogen and oxygen atoms in total. The molecule has 2 aliphatic heterocycles. The van der Waals surface area contributed by atoms with Gasteiger partial charge in [0.25, 0.3) is 0 Å². The number of hydrogen-bond acceptors (Lipinski definition) is 8. The molecule has 1 aromatic rings. The summed E-state index contributed by atoms with van der Waals surface area (Å²) in [4.78, 5) is 18.4. The number of ether oxygens (including phenoxy) is 5. The third kappa shape index (κ3) is 3.53. The Morgan fingerprint density at radius 1 is 1.08 bits per heavy atom. The number of carbonyl (C=O) groups is 1. The molecular formula is C17H20N2O6. The van der Waals surface area contributed by atoms with Crippen molar-refractivity contribution in [2.45, 2.75) is 0 Å². The van der Waals surface area contributed by atoms with Crippen LogP contribution in [-0.4, -0.2) is 64.4 Å². The number of cyclic esters (lactones) is 1. The molecule has 0 N–H and O–H groups in total. The number of benzene rings is 1. The van der Waals surface area contributed by atoms with Crippen molar-refractivity contribution >= 4 is 11.9 Å². The van der Waals surface area contributed by atoms with Crippen molar-refractivity contribution in [3.63, 3.8) is 0 Å². The van der Waals surface area contributed by atoms with Crippen LogP contribution in [0.2, 0.25) is 0 Å². The minimum atomic E-state index is -0.491. The molecule has 0 atom stereocenters. The quantitative estimate of drug-likeness (QED) is 0.584. The van der Waals surface area contributed by atoms with E-state index in [1.54, 1.807) is 18.3 Å². The Balaban J connectivity index is 1.92. The molecule has 3 rings (SSSR count). The standard InChI is InChI=1S/C17H20N2O6/c1-21-13-8-11(9-14(22-2)15(13)23-3)16-18-12(17(20)25-16)10-19-4-6-24-7-5-19/h8-10H,4-7H2,1-3H3/b12-10+. The van der Waals surface area contributed by atoms with Gasteiger partial charge in [0, 0.05) is 24.9 Å². The third-order valence-electron chi connectivity index (χ3n) is 3.88. The highest BCUT2D eigenvalue weighted by Gasteiger charge is 2.27. The molecule has 0 amide bonds. The summed E-state index contributed by atoms with van der Waals surface area (Å²) in [5, 5.41) is 0. The Labute approximate surface area is 145 Å². The Hall–Kier alpha value is -2.74. The lowest BCUT2D eigenvalue weighted by molar-refractivity contribution is -0.130. The maximum absolute atomic E-state index is 12.1. The Morgan fingerprint density at radius 2 is 1.72 bits per heavy atom. The van der Waals surface area contributed by atoms with Gasteiger partial charge in [-0.1, -0.05) is 0 Å². The number of nitrogens with zero attached hydrogens (tertiary/aromatic N) is 2. The fourth-order valence-corrected chi connectivity index (χ4v) is 2.61. The van der Waals surface area contributed by atoms with Gasteiger partial charge < -0.3 is 28.6 Å². The second kappa shape index (κ2) is 7.43. The second-order valence-corrected chi connectivity index (χ2v) is 5.38. The fraction of sp³-hybridized carbons (Fsp3) is 0.412. The zero-order chi connectivity index (χ0) is 17.8. The molecule has 1 aromatic carbocycles. The lowest BCUT2D eigenvalue weighted by atomic mass is 10.2. The van der Waals surface area contributed by atoms with E-state index in [9.17, 15) is 4.79 Å². The lowest BCUT2D eigenvalue weighted by Crippen LogP contribution is -2.32. The topological polar surface area (TPSA) is 78.8 Å². The van der Waals surface area contributed by atoms with Gasteiger partial charge in [-0.15, -0.1) is 0 Å². The first kappa shape index (κ1) is 17.1.